The molecule has 0 N–H and O–H groups in total. The van der Waals surface area contributed by atoms with Gasteiger partial charge in [0.1, 0.15) is 0 Å². The van der Waals surface area contributed by atoms with E-state index in [1.807, 2.05) is 0 Å². The summed E-state index contributed by atoms with van der Waals surface area (Å²) in [5.74, 6) is 0. The fraction of sp³-hybridized carbons (Fsp3) is 0.250. The normalized spacial score (nSPS) is 10.5. The largest absolute Gasteiger partial charge is 0.358 e. The molecule has 0 aliphatic rings. The van der Waals surface area contributed by atoms with Crippen LogP contribution in [0.15, 0.2) is 48.5 Å². The van der Waals surface area contributed by atoms with Crippen LogP contribution in [0.3, 0.4) is 0 Å². The molecule has 17 heavy (non-hydrogen) atoms. The molecule has 2 aromatic carbocycles. The summed E-state index contributed by atoms with van der Waals surface area (Å²) in [5.41, 5.74) is 3.04. The molecule has 0 saturated heterocycles. The van der Waals surface area contributed by atoms with Gasteiger partial charge in [-0.1, -0.05) is 50.2 Å². The molecule has 0 saturated carbocycles. The molecular weight excluding hydrogens is 319 g/mol. The highest BCUT2D eigenvalue weighted by molar-refractivity contribution is 5.17. The minimum absolute atomic E-state index is 0.0274. The van der Waals surface area contributed by atoms with Crippen LogP contribution in [-0.2, 0) is 12.8 Å². The summed E-state index contributed by atoms with van der Waals surface area (Å²) in [5, 5.41) is 0. The van der Waals surface area contributed by atoms with Crippen molar-refractivity contribution in [3.05, 3.63) is 66.8 Å². The Morgan fingerprint density at radius 2 is 1.12 bits per heavy atom. The molecule has 0 amide bonds. The van der Waals surface area contributed by atoms with E-state index in [9.17, 15) is 0 Å². The van der Waals surface area contributed by atoms with Gasteiger partial charge in [0.05, 0.1) is 0 Å². The number of hydrogen-bond acceptors (Lipinski definition) is 0. The number of halogens is 1. The van der Waals surface area contributed by atoms with Crippen molar-refractivity contribution in [2.24, 2.45) is 0 Å². The first kappa shape index (κ1) is 12.6. The summed E-state index contributed by atoms with van der Waals surface area (Å²) in [4.78, 5) is 0. The van der Waals surface area contributed by atoms with E-state index in [1.54, 1.807) is 7.14 Å². The van der Waals surface area contributed by atoms with Gasteiger partial charge in [-0.3, -0.25) is 0 Å². The van der Waals surface area contributed by atoms with Crippen LogP contribution in [0.2, 0.25) is 0 Å². The first-order chi connectivity index (χ1) is 8.35. The van der Waals surface area contributed by atoms with E-state index >= 15 is 0 Å². The lowest BCUT2D eigenvalue weighted by Gasteiger charge is -1.98. The maximum atomic E-state index is 2.30. The van der Waals surface area contributed by atoms with Gasteiger partial charge in [0.25, 0.3) is 0 Å². The fourth-order valence-corrected chi connectivity index (χ4v) is 5.08. The Balaban J connectivity index is 2.31. The average molecular weight is 337 g/mol. The van der Waals surface area contributed by atoms with Crippen LogP contribution in [0.5, 0.6) is 0 Å². The molecule has 0 fully saturated rings. The Labute approximate surface area is 114 Å². The minimum atomic E-state index is -0.0274. The minimum Gasteiger partial charge on any atom is -0.0617 e. The van der Waals surface area contributed by atoms with Gasteiger partial charge >= 0.3 is 21.2 Å². The van der Waals surface area contributed by atoms with E-state index < -0.39 is 0 Å². The molecule has 0 unspecified atom stereocenters. The molecule has 0 aromatic heterocycles. The van der Waals surface area contributed by atoms with Crippen molar-refractivity contribution in [2.45, 2.75) is 26.7 Å². The lowest BCUT2D eigenvalue weighted by atomic mass is 10.2. The van der Waals surface area contributed by atoms with Crippen molar-refractivity contribution >= 4 is 0 Å². The predicted octanol–water partition coefficient (Wildman–Crippen LogP) is 0.940. The van der Waals surface area contributed by atoms with Crippen LogP contribution in [0.1, 0.15) is 25.0 Å². The van der Waals surface area contributed by atoms with Crippen LogP contribution in [0.4, 0.5) is 0 Å². The summed E-state index contributed by atoms with van der Waals surface area (Å²) in [6.45, 7) is 4.49. The van der Waals surface area contributed by atoms with Gasteiger partial charge in [-0.15, -0.1) is 0 Å². The molecule has 2 rings (SSSR count). The monoisotopic (exact) mass is 337 g/mol. The van der Waals surface area contributed by atoms with Crippen LogP contribution < -0.4 is 21.2 Å². The molecule has 0 aliphatic heterocycles. The van der Waals surface area contributed by atoms with Crippen molar-refractivity contribution in [3.63, 3.8) is 0 Å². The highest BCUT2D eigenvalue weighted by Gasteiger charge is 2.20. The van der Waals surface area contributed by atoms with Crippen LogP contribution >= 0.6 is 0 Å². The zero-order chi connectivity index (χ0) is 12.1. The molecule has 0 bridgehead atoms. The van der Waals surface area contributed by atoms with E-state index in [2.05, 4.69) is 62.4 Å². The number of benzene rings is 2. The van der Waals surface area contributed by atoms with Gasteiger partial charge in [-0.05, 0) is 25.0 Å². The zero-order valence-corrected chi connectivity index (χ0v) is 12.6. The van der Waals surface area contributed by atoms with E-state index in [4.69, 9.17) is 0 Å². The highest BCUT2D eigenvalue weighted by Crippen LogP contribution is 2.01. The van der Waals surface area contributed by atoms with Crippen molar-refractivity contribution in [2.75, 3.05) is 0 Å². The Bertz CT molecular complexity index is 443. The molecule has 2 aromatic rings. The lowest BCUT2D eigenvalue weighted by Crippen LogP contribution is -3.62. The van der Waals surface area contributed by atoms with Gasteiger partial charge in [0.2, 0.25) is 0 Å². The molecule has 0 atom stereocenters. The molecule has 0 nitrogen and oxygen atoms in total. The number of rotatable bonds is 4. The second-order valence-corrected chi connectivity index (χ2v) is 6.85. The van der Waals surface area contributed by atoms with Crippen molar-refractivity contribution in [1.29, 1.82) is 0 Å². The summed E-state index contributed by atoms with van der Waals surface area (Å²) in [6.07, 6.45) is 2.29. The maximum absolute atomic E-state index is 2.30. The Morgan fingerprint density at radius 3 is 1.53 bits per heavy atom. The smallest absolute Gasteiger partial charge is 0.0617 e. The Hall–Kier alpha value is -0.830. The standard InChI is InChI=1S/C16H18I/c1-3-13-9-5-7-11-15(13)17-16-12-8-6-10-14(16)4-2/h5-12H,3-4H2,1-2H3/q+1. The van der Waals surface area contributed by atoms with Gasteiger partial charge in [0, 0.05) is 11.1 Å². The van der Waals surface area contributed by atoms with Gasteiger partial charge in [-0.25, -0.2) is 0 Å². The molecule has 0 aliphatic carbocycles. The summed E-state index contributed by atoms with van der Waals surface area (Å²) < 4.78 is 3.16. The van der Waals surface area contributed by atoms with E-state index in [-0.39, 0.29) is 21.2 Å². The Morgan fingerprint density at radius 1 is 0.706 bits per heavy atom. The number of hydrogen-bond donors (Lipinski definition) is 0. The molecule has 0 heterocycles. The zero-order valence-electron chi connectivity index (χ0n) is 10.4. The first-order valence-electron chi connectivity index (χ1n) is 6.15. The third-order valence-electron chi connectivity index (χ3n) is 2.88. The number of aryl methyl sites for hydroxylation is 2. The molecule has 88 valence electrons. The molecule has 0 radical (unpaired) electrons. The third-order valence-corrected chi connectivity index (χ3v) is 6.15. The molecular formula is C16H18I+. The highest BCUT2D eigenvalue weighted by atomic mass is 127. The van der Waals surface area contributed by atoms with Crippen molar-refractivity contribution in [1.82, 2.24) is 0 Å². The van der Waals surface area contributed by atoms with Crippen LogP contribution in [0, 0.1) is 7.14 Å². The van der Waals surface area contributed by atoms with Gasteiger partial charge < -0.3 is 0 Å². The topological polar surface area (TPSA) is 0 Å². The fourth-order valence-electron chi connectivity index (χ4n) is 1.86. The van der Waals surface area contributed by atoms with Gasteiger partial charge in [-0.2, -0.15) is 0 Å². The second-order valence-electron chi connectivity index (χ2n) is 3.98. The summed E-state index contributed by atoms with van der Waals surface area (Å²) in [7, 11) is 0. The first-order valence-corrected chi connectivity index (χ1v) is 8.31. The predicted molar refractivity (Wildman–Crippen MR) is 69.0 cm³/mol. The van der Waals surface area contributed by atoms with Crippen LogP contribution in [-0.4, -0.2) is 0 Å². The van der Waals surface area contributed by atoms with E-state index in [0.717, 1.165) is 12.8 Å². The van der Waals surface area contributed by atoms with E-state index in [0.29, 0.717) is 0 Å². The average Bonchev–Trinajstić information content (AvgIpc) is 2.40. The van der Waals surface area contributed by atoms with Crippen molar-refractivity contribution in [3.8, 4) is 0 Å². The molecule has 0 spiro atoms. The lowest BCUT2D eigenvalue weighted by molar-refractivity contribution is -0.599. The van der Waals surface area contributed by atoms with Gasteiger partial charge in [0.15, 0.2) is 7.14 Å². The van der Waals surface area contributed by atoms with E-state index in [1.165, 1.54) is 11.1 Å². The second kappa shape index (κ2) is 6.20. The Kier molecular flexibility index (Phi) is 4.60. The quantitative estimate of drug-likeness (QED) is 0.729. The van der Waals surface area contributed by atoms with Crippen LogP contribution in [0.25, 0.3) is 0 Å². The summed E-state index contributed by atoms with van der Waals surface area (Å²) >= 11 is -0.0274. The molecule has 1 heteroatoms. The maximum Gasteiger partial charge on any atom is 0.358 e. The van der Waals surface area contributed by atoms with Crippen molar-refractivity contribution < 1.29 is 21.2 Å². The summed E-state index contributed by atoms with van der Waals surface area (Å²) in [6, 6.07) is 17.8. The third kappa shape index (κ3) is 3.09. The SMILES string of the molecule is CCc1ccccc1[I+]c1ccccc1CC.